The van der Waals surface area contributed by atoms with E-state index in [2.05, 4.69) is 10.3 Å². The van der Waals surface area contributed by atoms with Crippen LogP contribution >= 0.6 is 11.8 Å². The van der Waals surface area contributed by atoms with E-state index in [1.807, 2.05) is 53.9 Å². The summed E-state index contributed by atoms with van der Waals surface area (Å²) in [6.07, 6.45) is 5.47. The predicted molar refractivity (Wildman–Crippen MR) is 130 cm³/mol. The molecule has 0 unspecified atom stereocenters. The number of imidazole rings is 1. The molecule has 0 radical (unpaired) electrons. The highest BCUT2D eigenvalue weighted by Crippen LogP contribution is 2.34. The summed E-state index contributed by atoms with van der Waals surface area (Å²) in [4.78, 5) is 31.6. The molecule has 1 aliphatic heterocycles. The highest BCUT2D eigenvalue weighted by Gasteiger charge is 2.30. The molecule has 33 heavy (non-hydrogen) atoms. The Hall–Kier alpha value is -3.26. The van der Waals surface area contributed by atoms with Gasteiger partial charge in [-0.05, 0) is 61.7 Å². The number of carbonyl (C=O) groups is 2. The van der Waals surface area contributed by atoms with Gasteiger partial charge in [-0.2, -0.15) is 0 Å². The summed E-state index contributed by atoms with van der Waals surface area (Å²) < 4.78 is 7.40. The highest BCUT2D eigenvalue weighted by molar-refractivity contribution is 7.99. The molecule has 172 valence electrons. The van der Waals surface area contributed by atoms with Gasteiger partial charge in [0.1, 0.15) is 5.75 Å². The van der Waals surface area contributed by atoms with Crippen LogP contribution in [-0.2, 0) is 11.8 Å². The lowest BCUT2D eigenvalue weighted by Crippen LogP contribution is -2.30. The molecule has 0 spiro atoms. The van der Waals surface area contributed by atoms with Crippen LogP contribution in [0.2, 0.25) is 0 Å². The van der Waals surface area contributed by atoms with Crippen LogP contribution < -0.4 is 10.1 Å². The molecule has 8 heteroatoms. The summed E-state index contributed by atoms with van der Waals surface area (Å²) in [6, 6.07) is 15.2. The van der Waals surface area contributed by atoms with Gasteiger partial charge in [0.25, 0.3) is 5.91 Å². The van der Waals surface area contributed by atoms with Crippen LogP contribution in [0.15, 0.2) is 66.1 Å². The zero-order valence-electron chi connectivity index (χ0n) is 18.9. The largest absolute Gasteiger partial charge is 0.494 e. The molecule has 7 nitrogen and oxygen atoms in total. The molecular formula is C25H28N4O3S. The Bertz CT molecular complexity index is 1100. The Morgan fingerprint density at radius 1 is 1.15 bits per heavy atom. The van der Waals surface area contributed by atoms with E-state index < -0.39 is 0 Å². The Morgan fingerprint density at radius 3 is 2.58 bits per heavy atom. The van der Waals surface area contributed by atoms with Crippen molar-refractivity contribution in [2.75, 3.05) is 24.2 Å². The van der Waals surface area contributed by atoms with E-state index in [0.717, 1.165) is 35.9 Å². The molecule has 1 aliphatic rings. The van der Waals surface area contributed by atoms with E-state index >= 15 is 0 Å². The number of hydrogen-bond donors (Lipinski definition) is 1. The number of likely N-dealkylation sites (tertiary alicyclic amines) is 1. The average Bonchev–Trinajstić information content (AvgIpc) is 3.47. The van der Waals surface area contributed by atoms with Crippen molar-refractivity contribution >= 4 is 29.3 Å². The fraction of sp³-hybridized carbons (Fsp3) is 0.320. The lowest BCUT2D eigenvalue weighted by Gasteiger charge is -2.25. The first-order valence-corrected chi connectivity index (χ1v) is 12.1. The SMILES string of the molecule is CCOc1ccc([C@@H]2CCCN2C(=O)c2ccc(NC(=O)CSc3nccn3C)cc2)cc1. The van der Waals surface area contributed by atoms with E-state index in [-0.39, 0.29) is 23.6 Å². The molecule has 1 fully saturated rings. The molecule has 1 atom stereocenters. The maximum Gasteiger partial charge on any atom is 0.254 e. The molecule has 2 aromatic carbocycles. The third-order valence-electron chi connectivity index (χ3n) is 5.61. The summed E-state index contributed by atoms with van der Waals surface area (Å²) in [6.45, 7) is 3.33. The Labute approximate surface area is 198 Å². The third kappa shape index (κ3) is 5.57. The Morgan fingerprint density at radius 2 is 1.91 bits per heavy atom. The lowest BCUT2D eigenvalue weighted by molar-refractivity contribution is -0.113. The molecule has 2 amide bonds. The maximum absolute atomic E-state index is 13.2. The summed E-state index contributed by atoms with van der Waals surface area (Å²) in [5, 5.41) is 3.67. The molecule has 2 heterocycles. The van der Waals surface area contributed by atoms with E-state index in [0.29, 0.717) is 17.9 Å². The van der Waals surface area contributed by atoms with Crippen molar-refractivity contribution in [3.05, 3.63) is 72.1 Å². The normalized spacial score (nSPS) is 15.5. The summed E-state index contributed by atoms with van der Waals surface area (Å²) in [5.41, 5.74) is 2.41. The lowest BCUT2D eigenvalue weighted by atomic mass is 10.0. The summed E-state index contributed by atoms with van der Waals surface area (Å²) in [5.74, 6) is 1.00. The van der Waals surface area contributed by atoms with Crippen LogP contribution in [0.3, 0.4) is 0 Å². The molecule has 0 aliphatic carbocycles. The van der Waals surface area contributed by atoms with Gasteiger partial charge in [-0.15, -0.1) is 0 Å². The Balaban J connectivity index is 1.36. The number of thioether (sulfide) groups is 1. The fourth-order valence-electron chi connectivity index (χ4n) is 3.99. The van der Waals surface area contributed by atoms with Crippen LogP contribution in [-0.4, -0.2) is 45.2 Å². The molecule has 0 bridgehead atoms. The van der Waals surface area contributed by atoms with Gasteiger partial charge in [-0.3, -0.25) is 9.59 Å². The minimum atomic E-state index is -0.114. The van der Waals surface area contributed by atoms with Crippen LogP contribution in [0.5, 0.6) is 5.75 Å². The number of nitrogens with one attached hydrogen (secondary N) is 1. The van der Waals surface area contributed by atoms with Crippen molar-refractivity contribution < 1.29 is 14.3 Å². The quantitative estimate of drug-likeness (QED) is 0.496. The van der Waals surface area contributed by atoms with Gasteiger partial charge in [0.05, 0.1) is 18.4 Å². The highest BCUT2D eigenvalue weighted by atomic mass is 32.2. The first-order chi connectivity index (χ1) is 16.0. The van der Waals surface area contributed by atoms with Crippen molar-refractivity contribution in [2.45, 2.75) is 31.0 Å². The first-order valence-electron chi connectivity index (χ1n) is 11.1. The van der Waals surface area contributed by atoms with Crippen LogP contribution in [0.1, 0.15) is 41.7 Å². The third-order valence-corrected chi connectivity index (χ3v) is 6.67. The maximum atomic E-state index is 13.2. The number of nitrogens with zero attached hydrogens (tertiary/aromatic N) is 3. The van der Waals surface area contributed by atoms with Crippen LogP contribution in [0.25, 0.3) is 0 Å². The standard InChI is InChI=1S/C25H28N4O3S/c1-3-32-21-12-8-18(9-13-21)22-5-4-15-29(22)24(31)19-6-10-20(11-7-19)27-23(30)17-33-25-26-14-16-28(25)2/h6-14,16,22H,3-5,15,17H2,1-2H3,(H,27,30)/t22-/m0/s1. The number of benzene rings is 2. The molecule has 4 rings (SSSR count). The monoisotopic (exact) mass is 464 g/mol. The minimum Gasteiger partial charge on any atom is -0.494 e. The van der Waals surface area contributed by atoms with E-state index in [1.165, 1.54) is 11.8 Å². The van der Waals surface area contributed by atoms with Gasteiger partial charge in [0.2, 0.25) is 5.91 Å². The zero-order chi connectivity index (χ0) is 23.2. The van der Waals surface area contributed by atoms with Gasteiger partial charge in [-0.1, -0.05) is 23.9 Å². The molecule has 3 aromatic rings. The molecule has 1 N–H and O–H groups in total. The number of anilines is 1. The number of amides is 2. The van der Waals surface area contributed by atoms with Crippen LogP contribution in [0, 0.1) is 0 Å². The Kier molecular flexibility index (Phi) is 7.34. The summed E-state index contributed by atoms with van der Waals surface area (Å²) in [7, 11) is 1.89. The smallest absolute Gasteiger partial charge is 0.254 e. The van der Waals surface area contributed by atoms with Gasteiger partial charge >= 0.3 is 0 Å². The number of carbonyl (C=O) groups excluding carboxylic acids is 2. The molecule has 1 aromatic heterocycles. The van der Waals surface area contributed by atoms with Gasteiger partial charge in [-0.25, -0.2) is 4.98 Å². The number of ether oxygens (including phenoxy) is 1. The minimum absolute atomic E-state index is 0.00889. The van der Waals surface area contributed by atoms with Crippen molar-refractivity contribution in [3.63, 3.8) is 0 Å². The van der Waals surface area contributed by atoms with Crippen molar-refractivity contribution in [1.82, 2.24) is 14.5 Å². The molecule has 0 saturated carbocycles. The van der Waals surface area contributed by atoms with Crippen molar-refractivity contribution in [1.29, 1.82) is 0 Å². The average molecular weight is 465 g/mol. The topological polar surface area (TPSA) is 76.5 Å². The van der Waals surface area contributed by atoms with E-state index in [9.17, 15) is 9.59 Å². The second-order valence-corrected chi connectivity index (χ2v) is 8.84. The molecular weight excluding hydrogens is 436 g/mol. The van der Waals surface area contributed by atoms with E-state index in [1.54, 1.807) is 30.5 Å². The second kappa shape index (κ2) is 10.6. The van der Waals surface area contributed by atoms with Crippen molar-refractivity contribution in [2.24, 2.45) is 7.05 Å². The second-order valence-electron chi connectivity index (χ2n) is 7.89. The summed E-state index contributed by atoms with van der Waals surface area (Å²) >= 11 is 1.38. The fourth-order valence-corrected chi connectivity index (χ4v) is 4.72. The molecule has 1 saturated heterocycles. The number of rotatable bonds is 8. The van der Waals surface area contributed by atoms with E-state index in [4.69, 9.17) is 4.74 Å². The van der Waals surface area contributed by atoms with Gasteiger partial charge < -0.3 is 19.5 Å². The van der Waals surface area contributed by atoms with Crippen molar-refractivity contribution in [3.8, 4) is 5.75 Å². The number of hydrogen-bond acceptors (Lipinski definition) is 5. The van der Waals surface area contributed by atoms with Gasteiger partial charge in [0, 0.05) is 37.2 Å². The van der Waals surface area contributed by atoms with Gasteiger partial charge in [0.15, 0.2) is 5.16 Å². The zero-order valence-corrected chi connectivity index (χ0v) is 19.7. The number of aryl methyl sites for hydroxylation is 1. The number of aromatic nitrogens is 2. The van der Waals surface area contributed by atoms with Crippen LogP contribution in [0.4, 0.5) is 5.69 Å². The first kappa shape index (κ1) is 22.9. The predicted octanol–water partition coefficient (Wildman–Crippen LogP) is 4.53.